The molecule has 4 rings (SSSR count). The molecule has 2 aromatic carbocycles. The number of rotatable bonds is 9. The Balaban J connectivity index is 1.45. The highest BCUT2D eigenvalue weighted by molar-refractivity contribution is 5.70. The van der Waals surface area contributed by atoms with Gasteiger partial charge in [-0.25, -0.2) is 4.98 Å². The quantitative estimate of drug-likeness (QED) is 0.431. The van der Waals surface area contributed by atoms with Crippen LogP contribution in [0.2, 0.25) is 0 Å². The van der Waals surface area contributed by atoms with Gasteiger partial charge in [0.15, 0.2) is 5.95 Å². The first kappa shape index (κ1) is 19.6. The van der Waals surface area contributed by atoms with Gasteiger partial charge in [0.05, 0.1) is 24.7 Å². The highest BCUT2D eigenvalue weighted by atomic mass is 16.5. The van der Waals surface area contributed by atoms with Crippen molar-refractivity contribution in [2.24, 2.45) is 0 Å². The zero-order chi connectivity index (χ0) is 20.8. The van der Waals surface area contributed by atoms with Gasteiger partial charge in [0.2, 0.25) is 0 Å². The van der Waals surface area contributed by atoms with E-state index >= 15 is 0 Å². The minimum Gasteiger partial charge on any atom is -0.489 e. The Labute approximate surface area is 174 Å². The fourth-order valence-corrected chi connectivity index (χ4v) is 3.58. The number of anilines is 3. The van der Waals surface area contributed by atoms with E-state index in [0.717, 1.165) is 48.3 Å². The number of aliphatic carboxylic acids is 1. The molecule has 8 nitrogen and oxygen atoms in total. The number of imidazole rings is 1. The third-order valence-corrected chi connectivity index (χ3v) is 5.01. The van der Waals surface area contributed by atoms with E-state index in [2.05, 4.69) is 25.5 Å². The lowest BCUT2D eigenvalue weighted by molar-refractivity contribution is -0.137. The summed E-state index contributed by atoms with van der Waals surface area (Å²) in [6.45, 7) is 2.98. The monoisotopic (exact) mass is 407 g/mol. The fraction of sp³-hybridized carbons (Fsp3) is 0.273. The average molecular weight is 407 g/mol. The number of carboxylic acid groups (broad SMARTS) is 1. The van der Waals surface area contributed by atoms with Gasteiger partial charge < -0.3 is 30.4 Å². The largest absolute Gasteiger partial charge is 0.489 e. The molecule has 0 fully saturated rings. The molecule has 1 aromatic heterocycles. The smallest absolute Gasteiger partial charge is 0.305 e. The number of nitrogens with one attached hydrogen (secondary N) is 3. The maximum atomic E-state index is 11.4. The lowest BCUT2D eigenvalue weighted by Crippen LogP contribution is -2.36. The third-order valence-electron chi connectivity index (χ3n) is 5.01. The molecule has 30 heavy (non-hydrogen) atoms. The molecule has 0 bridgehead atoms. The van der Waals surface area contributed by atoms with Gasteiger partial charge in [-0.1, -0.05) is 30.3 Å². The number of fused-ring (bicyclic) bond motifs is 1. The van der Waals surface area contributed by atoms with Gasteiger partial charge in [-0.15, -0.1) is 0 Å². The Morgan fingerprint density at radius 2 is 2.13 bits per heavy atom. The van der Waals surface area contributed by atoms with Crippen LogP contribution in [0.3, 0.4) is 0 Å². The maximum absolute atomic E-state index is 11.4. The summed E-state index contributed by atoms with van der Waals surface area (Å²) < 4.78 is 5.88. The Morgan fingerprint density at radius 3 is 2.90 bits per heavy atom. The van der Waals surface area contributed by atoms with Crippen LogP contribution >= 0.6 is 0 Å². The van der Waals surface area contributed by atoms with Gasteiger partial charge >= 0.3 is 5.97 Å². The van der Waals surface area contributed by atoms with E-state index in [1.165, 1.54) is 0 Å². The van der Waals surface area contributed by atoms with Crippen molar-refractivity contribution in [1.29, 1.82) is 0 Å². The predicted molar refractivity (Wildman–Crippen MR) is 116 cm³/mol. The first-order chi connectivity index (χ1) is 14.7. The minimum absolute atomic E-state index is 0.00741. The second-order valence-electron chi connectivity index (χ2n) is 7.09. The van der Waals surface area contributed by atoms with Gasteiger partial charge in [-0.3, -0.25) is 4.79 Å². The number of carboxylic acids is 1. The highest BCUT2D eigenvalue weighted by Crippen LogP contribution is 2.35. The van der Waals surface area contributed by atoms with E-state index in [9.17, 15) is 9.90 Å². The number of carbonyl (C=O) groups is 1. The maximum Gasteiger partial charge on any atom is 0.305 e. The molecule has 0 aliphatic carbocycles. The van der Waals surface area contributed by atoms with Crippen molar-refractivity contribution in [3.05, 3.63) is 66.5 Å². The number of aromatic nitrogens is 2. The van der Waals surface area contributed by atoms with Crippen LogP contribution in [0, 0.1) is 0 Å². The van der Waals surface area contributed by atoms with Crippen LogP contribution in [0.15, 0.2) is 60.9 Å². The number of H-pyrrole nitrogens is 1. The molecule has 0 saturated heterocycles. The van der Waals surface area contributed by atoms with Crippen molar-refractivity contribution in [1.82, 2.24) is 9.97 Å². The summed E-state index contributed by atoms with van der Waals surface area (Å²) in [7, 11) is 0. The molecule has 4 N–H and O–H groups in total. The van der Waals surface area contributed by atoms with E-state index in [-0.39, 0.29) is 12.5 Å². The van der Waals surface area contributed by atoms with E-state index in [0.29, 0.717) is 6.61 Å². The summed E-state index contributed by atoms with van der Waals surface area (Å²) in [6, 6.07) is 15.2. The minimum atomic E-state index is -0.846. The molecule has 0 amide bonds. The second-order valence-corrected chi connectivity index (χ2v) is 7.09. The van der Waals surface area contributed by atoms with Gasteiger partial charge in [0, 0.05) is 37.2 Å². The van der Waals surface area contributed by atoms with Crippen molar-refractivity contribution in [3.63, 3.8) is 0 Å². The van der Waals surface area contributed by atoms with Crippen LogP contribution in [0.25, 0.3) is 0 Å². The van der Waals surface area contributed by atoms with Crippen LogP contribution in [0.1, 0.15) is 18.0 Å². The lowest BCUT2D eigenvalue weighted by atomic mass is 10.0. The SMILES string of the molecule is O=C(O)CC(Nc1ccc2c(c1)OCCN2CCNc1ncc[nH]1)c1ccccc1. The zero-order valence-corrected chi connectivity index (χ0v) is 16.5. The zero-order valence-electron chi connectivity index (χ0n) is 16.5. The van der Waals surface area contributed by atoms with Gasteiger partial charge in [0.1, 0.15) is 12.4 Å². The van der Waals surface area contributed by atoms with Crippen molar-refractivity contribution < 1.29 is 14.6 Å². The molecular formula is C22H25N5O3. The average Bonchev–Trinajstić information content (AvgIpc) is 3.27. The Hall–Kier alpha value is -3.68. The summed E-state index contributed by atoms with van der Waals surface area (Å²) >= 11 is 0. The summed E-state index contributed by atoms with van der Waals surface area (Å²) in [6.07, 6.45) is 3.49. The Bertz CT molecular complexity index is 962. The molecule has 8 heteroatoms. The topological polar surface area (TPSA) is 103 Å². The van der Waals surface area contributed by atoms with Crippen molar-refractivity contribution in [2.75, 3.05) is 41.8 Å². The number of hydrogen-bond donors (Lipinski definition) is 4. The van der Waals surface area contributed by atoms with Gasteiger partial charge in [-0.2, -0.15) is 0 Å². The molecule has 2 heterocycles. The molecule has 0 spiro atoms. The van der Waals surface area contributed by atoms with Crippen molar-refractivity contribution >= 4 is 23.3 Å². The molecule has 3 aromatic rings. The van der Waals surface area contributed by atoms with Gasteiger partial charge in [0.25, 0.3) is 0 Å². The molecular weight excluding hydrogens is 382 g/mol. The first-order valence-corrected chi connectivity index (χ1v) is 9.97. The number of hydrogen-bond acceptors (Lipinski definition) is 6. The van der Waals surface area contributed by atoms with Crippen LogP contribution in [-0.4, -0.2) is 47.3 Å². The standard InChI is InChI=1S/C22H25N5O3/c28-21(29)15-18(16-4-2-1-3-5-16)26-17-6-7-19-20(14-17)30-13-12-27(19)11-10-25-22-23-8-9-24-22/h1-9,14,18,26H,10-13,15H2,(H,28,29)(H2,23,24,25). The lowest BCUT2D eigenvalue weighted by Gasteiger charge is -2.32. The Kier molecular flexibility index (Phi) is 6.03. The normalized spacial score (nSPS) is 13.8. The molecule has 156 valence electrons. The van der Waals surface area contributed by atoms with Crippen LogP contribution in [0.4, 0.5) is 17.3 Å². The predicted octanol–water partition coefficient (Wildman–Crippen LogP) is 3.35. The molecule has 1 aliphatic rings. The number of aromatic amines is 1. The number of benzene rings is 2. The van der Waals surface area contributed by atoms with Gasteiger partial charge in [-0.05, 0) is 17.7 Å². The summed E-state index contributed by atoms with van der Waals surface area (Å²) in [4.78, 5) is 20.8. The molecule has 1 unspecified atom stereocenters. The van der Waals surface area contributed by atoms with Crippen LogP contribution in [0.5, 0.6) is 5.75 Å². The Morgan fingerprint density at radius 1 is 1.27 bits per heavy atom. The van der Waals surface area contributed by atoms with Crippen molar-refractivity contribution in [3.8, 4) is 5.75 Å². The molecule has 0 radical (unpaired) electrons. The summed E-state index contributed by atoms with van der Waals surface area (Å²) in [5, 5.41) is 15.9. The van der Waals surface area contributed by atoms with Crippen molar-refractivity contribution in [2.45, 2.75) is 12.5 Å². The van der Waals surface area contributed by atoms with E-state index < -0.39 is 5.97 Å². The summed E-state index contributed by atoms with van der Waals surface area (Å²) in [5.41, 5.74) is 2.80. The molecule has 1 aliphatic heterocycles. The molecule has 1 atom stereocenters. The number of nitrogens with zero attached hydrogens (tertiary/aromatic N) is 2. The van der Waals surface area contributed by atoms with E-state index in [1.807, 2.05) is 48.5 Å². The van der Waals surface area contributed by atoms with E-state index in [4.69, 9.17) is 4.74 Å². The van der Waals surface area contributed by atoms with E-state index in [1.54, 1.807) is 12.4 Å². The highest BCUT2D eigenvalue weighted by Gasteiger charge is 2.20. The number of ether oxygens (including phenoxy) is 1. The molecule has 0 saturated carbocycles. The first-order valence-electron chi connectivity index (χ1n) is 9.97. The van der Waals surface area contributed by atoms with Crippen LogP contribution in [-0.2, 0) is 4.79 Å². The van der Waals surface area contributed by atoms with Crippen LogP contribution < -0.4 is 20.3 Å². The third kappa shape index (κ3) is 4.83. The summed E-state index contributed by atoms with van der Waals surface area (Å²) in [5.74, 6) is 0.709. The fourth-order valence-electron chi connectivity index (χ4n) is 3.58. The second kappa shape index (κ2) is 9.21.